The van der Waals surface area contributed by atoms with Gasteiger partial charge in [-0.25, -0.2) is 0 Å². The van der Waals surface area contributed by atoms with Gasteiger partial charge in [0.15, 0.2) is 0 Å². The van der Waals surface area contributed by atoms with Crippen molar-refractivity contribution in [3.05, 3.63) is 35.4 Å². The van der Waals surface area contributed by atoms with Crippen LogP contribution in [0, 0.1) is 6.92 Å². The number of rotatable bonds is 5. The van der Waals surface area contributed by atoms with Crippen LogP contribution >= 0.6 is 15.9 Å². The number of hydrogen-bond acceptors (Lipinski definition) is 1. The Hall–Kier alpha value is -0.830. The second-order valence-electron chi connectivity index (χ2n) is 4.54. The lowest BCUT2D eigenvalue weighted by molar-refractivity contribution is -0.129. The van der Waals surface area contributed by atoms with Crippen molar-refractivity contribution in [3.63, 3.8) is 0 Å². The number of carbonyl (C=O) groups excluding carboxylic acids is 1. The fraction of sp³-hybridized carbons (Fsp3) is 0.500. The van der Waals surface area contributed by atoms with Gasteiger partial charge in [-0.3, -0.25) is 4.79 Å². The molecule has 0 aliphatic rings. The highest BCUT2D eigenvalue weighted by Crippen LogP contribution is 2.08. The second-order valence-corrected chi connectivity index (χ2v) is 6.11. The molecular weight excluding hydrogens is 278 g/mol. The molecule has 1 aromatic rings. The van der Waals surface area contributed by atoms with Gasteiger partial charge < -0.3 is 4.90 Å². The van der Waals surface area contributed by atoms with Crippen LogP contribution in [0.2, 0.25) is 0 Å². The van der Waals surface area contributed by atoms with Crippen molar-refractivity contribution in [1.29, 1.82) is 0 Å². The number of halogens is 1. The molecule has 1 atom stereocenters. The van der Waals surface area contributed by atoms with Crippen LogP contribution in [0.25, 0.3) is 0 Å². The molecule has 2 nitrogen and oxygen atoms in total. The van der Waals surface area contributed by atoms with Gasteiger partial charge in [-0.2, -0.15) is 0 Å². The average molecular weight is 298 g/mol. The van der Waals surface area contributed by atoms with Gasteiger partial charge in [-0.1, -0.05) is 52.7 Å². The minimum Gasteiger partial charge on any atom is -0.345 e. The van der Waals surface area contributed by atoms with Crippen molar-refractivity contribution in [2.45, 2.75) is 31.5 Å². The van der Waals surface area contributed by atoms with E-state index in [2.05, 4.69) is 41.1 Å². The molecule has 1 amide bonds. The number of hydrogen-bond donors (Lipinski definition) is 0. The third-order valence-corrected chi connectivity index (χ3v) is 2.95. The van der Waals surface area contributed by atoms with Crippen LogP contribution in [0.4, 0.5) is 0 Å². The zero-order chi connectivity index (χ0) is 12.8. The predicted octanol–water partition coefficient (Wildman–Crippen LogP) is 3.17. The Morgan fingerprint density at radius 2 is 2.18 bits per heavy atom. The molecule has 0 aromatic heterocycles. The summed E-state index contributed by atoms with van der Waals surface area (Å²) >= 11 is 3.45. The van der Waals surface area contributed by atoms with Gasteiger partial charge in [0.2, 0.25) is 5.91 Å². The normalized spacial score (nSPS) is 12.2. The molecule has 0 bridgehead atoms. The van der Waals surface area contributed by atoms with Gasteiger partial charge >= 0.3 is 0 Å². The minimum absolute atomic E-state index is 0.206. The summed E-state index contributed by atoms with van der Waals surface area (Å²) in [4.78, 5) is 14.0. The quantitative estimate of drug-likeness (QED) is 0.765. The maximum absolute atomic E-state index is 11.8. The number of alkyl halides is 1. The van der Waals surface area contributed by atoms with Gasteiger partial charge in [0, 0.05) is 24.8 Å². The van der Waals surface area contributed by atoms with Crippen molar-refractivity contribution in [2.75, 3.05) is 13.6 Å². The molecule has 0 aliphatic carbocycles. The molecule has 0 saturated heterocycles. The number of carbonyl (C=O) groups is 1. The van der Waals surface area contributed by atoms with Crippen LogP contribution in [0.5, 0.6) is 0 Å². The van der Waals surface area contributed by atoms with E-state index in [0.717, 1.165) is 13.0 Å². The highest BCUT2D eigenvalue weighted by Gasteiger charge is 2.10. The first-order chi connectivity index (χ1) is 7.99. The van der Waals surface area contributed by atoms with E-state index in [0.29, 0.717) is 11.2 Å². The lowest BCUT2D eigenvalue weighted by Crippen LogP contribution is -2.31. The van der Waals surface area contributed by atoms with E-state index in [1.165, 1.54) is 11.1 Å². The van der Waals surface area contributed by atoms with Crippen LogP contribution < -0.4 is 0 Å². The molecule has 0 spiro atoms. The second kappa shape index (κ2) is 6.80. The monoisotopic (exact) mass is 297 g/mol. The van der Waals surface area contributed by atoms with Crippen molar-refractivity contribution in [1.82, 2.24) is 4.90 Å². The fourth-order valence-corrected chi connectivity index (χ4v) is 2.22. The zero-order valence-corrected chi connectivity index (χ0v) is 12.3. The molecule has 0 fully saturated rings. The standard InChI is InChI=1S/C14H20BrNO/c1-11-5-4-6-13(9-11)7-8-14(17)16(3)10-12(2)15/h4-6,9,12H,7-8,10H2,1-3H3. The SMILES string of the molecule is Cc1cccc(CCC(=O)N(C)CC(C)Br)c1. The van der Waals surface area contributed by atoms with E-state index in [9.17, 15) is 4.79 Å². The van der Waals surface area contributed by atoms with Crippen LogP contribution in [0.1, 0.15) is 24.5 Å². The van der Waals surface area contributed by atoms with Gasteiger partial charge in [0.25, 0.3) is 0 Å². The molecular formula is C14H20BrNO. The van der Waals surface area contributed by atoms with Gasteiger partial charge in [-0.15, -0.1) is 0 Å². The van der Waals surface area contributed by atoms with E-state index in [1.54, 1.807) is 4.90 Å². The molecule has 0 aliphatic heterocycles. The van der Waals surface area contributed by atoms with E-state index >= 15 is 0 Å². The summed E-state index contributed by atoms with van der Waals surface area (Å²) in [5.41, 5.74) is 2.48. The molecule has 0 radical (unpaired) electrons. The maximum atomic E-state index is 11.8. The van der Waals surface area contributed by atoms with E-state index in [-0.39, 0.29) is 5.91 Å². The van der Waals surface area contributed by atoms with Gasteiger partial charge in [0.05, 0.1) is 0 Å². The molecule has 0 heterocycles. The van der Waals surface area contributed by atoms with Crippen molar-refractivity contribution in [3.8, 4) is 0 Å². The average Bonchev–Trinajstić information content (AvgIpc) is 2.25. The first-order valence-electron chi connectivity index (χ1n) is 5.92. The molecule has 1 aromatic carbocycles. The van der Waals surface area contributed by atoms with Crippen LogP contribution in [-0.4, -0.2) is 29.2 Å². The van der Waals surface area contributed by atoms with E-state index < -0.39 is 0 Å². The third kappa shape index (κ3) is 5.35. The maximum Gasteiger partial charge on any atom is 0.222 e. The first kappa shape index (κ1) is 14.2. The van der Waals surface area contributed by atoms with E-state index in [1.807, 2.05) is 20.0 Å². The molecule has 0 N–H and O–H groups in total. The van der Waals surface area contributed by atoms with Crippen LogP contribution in [0.15, 0.2) is 24.3 Å². The Morgan fingerprint density at radius 3 is 2.76 bits per heavy atom. The largest absolute Gasteiger partial charge is 0.345 e. The summed E-state index contributed by atoms with van der Waals surface area (Å²) in [6, 6.07) is 8.33. The Balaban J connectivity index is 2.43. The molecule has 1 unspecified atom stereocenters. The van der Waals surface area contributed by atoms with Crippen molar-refractivity contribution in [2.24, 2.45) is 0 Å². The number of nitrogens with zero attached hydrogens (tertiary/aromatic N) is 1. The Morgan fingerprint density at radius 1 is 1.47 bits per heavy atom. The molecule has 17 heavy (non-hydrogen) atoms. The summed E-state index contributed by atoms with van der Waals surface area (Å²) in [7, 11) is 1.86. The number of amides is 1. The van der Waals surface area contributed by atoms with Crippen LogP contribution in [-0.2, 0) is 11.2 Å². The lowest BCUT2D eigenvalue weighted by Gasteiger charge is -2.18. The Kier molecular flexibility index (Phi) is 5.69. The highest BCUT2D eigenvalue weighted by atomic mass is 79.9. The number of benzene rings is 1. The molecule has 1 rings (SSSR count). The third-order valence-electron chi connectivity index (χ3n) is 2.66. The summed E-state index contributed by atoms with van der Waals surface area (Å²) in [6.07, 6.45) is 1.40. The topological polar surface area (TPSA) is 20.3 Å². The zero-order valence-electron chi connectivity index (χ0n) is 10.7. The predicted molar refractivity (Wildman–Crippen MR) is 75.5 cm³/mol. The number of aryl methyl sites for hydroxylation is 2. The minimum atomic E-state index is 0.206. The Labute approximate surface area is 112 Å². The molecule has 94 valence electrons. The molecule has 3 heteroatoms. The smallest absolute Gasteiger partial charge is 0.222 e. The summed E-state index contributed by atoms with van der Waals surface area (Å²) in [6.45, 7) is 4.88. The summed E-state index contributed by atoms with van der Waals surface area (Å²) in [5, 5.41) is 0. The van der Waals surface area contributed by atoms with Crippen LogP contribution in [0.3, 0.4) is 0 Å². The fourth-order valence-electron chi connectivity index (χ4n) is 1.79. The van der Waals surface area contributed by atoms with Gasteiger partial charge in [-0.05, 0) is 18.9 Å². The summed E-state index contributed by atoms with van der Waals surface area (Å²) in [5.74, 6) is 0.206. The lowest BCUT2D eigenvalue weighted by atomic mass is 10.1. The van der Waals surface area contributed by atoms with Gasteiger partial charge in [0.1, 0.15) is 0 Å². The summed E-state index contributed by atoms with van der Waals surface area (Å²) < 4.78 is 0. The highest BCUT2D eigenvalue weighted by molar-refractivity contribution is 9.09. The van der Waals surface area contributed by atoms with E-state index in [4.69, 9.17) is 0 Å². The first-order valence-corrected chi connectivity index (χ1v) is 6.84. The van der Waals surface area contributed by atoms with Crippen molar-refractivity contribution >= 4 is 21.8 Å². The van der Waals surface area contributed by atoms with Crippen molar-refractivity contribution < 1.29 is 4.79 Å². The molecule has 0 saturated carbocycles. The Bertz CT molecular complexity index is 376.